The van der Waals surface area contributed by atoms with Crippen LogP contribution in [-0.2, 0) is 44.9 Å². The smallest absolute Gasteiger partial charge is 0.303 e. The fourth-order valence-corrected chi connectivity index (χ4v) is 8.41. The van der Waals surface area contributed by atoms with Gasteiger partial charge in [-0.05, 0) is 61.8 Å². The summed E-state index contributed by atoms with van der Waals surface area (Å²) in [6.45, 7) is 11.7. The van der Waals surface area contributed by atoms with E-state index in [4.69, 9.17) is 23.1 Å². The van der Waals surface area contributed by atoms with Gasteiger partial charge in [0.1, 0.15) is 5.58 Å². The van der Waals surface area contributed by atoms with E-state index in [2.05, 4.69) is 25.2 Å². The Kier molecular flexibility index (Phi) is 11.5. The normalized spacial score (nSPS) is 24.5. The lowest BCUT2D eigenvalue weighted by atomic mass is 9.75. The van der Waals surface area contributed by atoms with E-state index in [1.165, 1.54) is 12.1 Å². The molecule has 0 radical (unpaired) electrons. The number of hydrogen-bond acceptors (Lipinski definition) is 9. The topological polar surface area (TPSA) is 171 Å². The molecule has 284 valence electrons. The van der Waals surface area contributed by atoms with Gasteiger partial charge in [0.15, 0.2) is 25.7 Å². The van der Waals surface area contributed by atoms with Crippen molar-refractivity contribution in [3.05, 3.63) is 70.8 Å². The Balaban J connectivity index is 1.63. The first-order valence-corrected chi connectivity index (χ1v) is 21.4. The van der Waals surface area contributed by atoms with Gasteiger partial charge in [-0.2, -0.15) is 8.42 Å². The number of carboxylic acids is 2. The highest BCUT2D eigenvalue weighted by atomic mass is 32.2. The van der Waals surface area contributed by atoms with Crippen LogP contribution in [0.4, 0.5) is 8.78 Å². The highest BCUT2D eigenvalue weighted by Crippen LogP contribution is 2.49. The molecule has 2 aliphatic heterocycles. The number of halogens is 2. The molecule has 2 N–H and O–H groups in total. The Labute approximate surface area is 301 Å². The number of rotatable bonds is 12. The molecule has 0 aliphatic carbocycles. The lowest BCUT2D eigenvalue weighted by molar-refractivity contribution is -0.334. The first-order chi connectivity index (χ1) is 24.2. The number of hydrogen-bond donors (Lipinski definition) is 2. The van der Waals surface area contributed by atoms with Crippen molar-refractivity contribution in [2.24, 2.45) is 16.2 Å². The number of sulfonamides is 1. The highest BCUT2D eigenvalue weighted by Gasteiger charge is 2.58. The maximum atomic E-state index is 15.1. The van der Waals surface area contributed by atoms with E-state index in [1.807, 2.05) is 13.1 Å². The van der Waals surface area contributed by atoms with Gasteiger partial charge in [0.25, 0.3) is 10.0 Å². The predicted molar refractivity (Wildman–Crippen MR) is 186 cm³/mol. The van der Waals surface area contributed by atoms with E-state index in [0.29, 0.717) is 12.8 Å². The van der Waals surface area contributed by atoms with Crippen molar-refractivity contribution in [2.75, 3.05) is 13.2 Å². The third kappa shape index (κ3) is 8.47. The summed E-state index contributed by atoms with van der Waals surface area (Å²) in [5.41, 5.74) is 0.0135. The fourth-order valence-electron chi connectivity index (χ4n) is 6.44. The summed E-state index contributed by atoms with van der Waals surface area (Å²) in [7, 11) is -6.79. The third-order valence-electron chi connectivity index (χ3n) is 10.3. The Morgan fingerprint density at radius 1 is 1.06 bits per heavy atom. The van der Waals surface area contributed by atoms with Gasteiger partial charge in [0, 0.05) is 17.9 Å². The minimum Gasteiger partial charge on any atom is -0.481 e. The average Bonchev–Trinajstić information content (AvgIpc) is 3.52. The number of carbonyl (C=O) groups is 2. The van der Waals surface area contributed by atoms with Gasteiger partial charge in [-0.15, -0.1) is 4.40 Å². The zero-order valence-corrected chi connectivity index (χ0v) is 31.8. The van der Waals surface area contributed by atoms with Crippen molar-refractivity contribution in [3.8, 4) is 0 Å². The van der Waals surface area contributed by atoms with E-state index in [0.717, 1.165) is 23.8 Å². The van der Waals surface area contributed by atoms with Gasteiger partial charge in [-0.25, -0.2) is 8.78 Å². The molecule has 3 heterocycles. The molecule has 5 atom stereocenters. The van der Waals surface area contributed by atoms with Gasteiger partial charge < -0.3 is 33.3 Å². The van der Waals surface area contributed by atoms with E-state index >= 15 is 4.39 Å². The number of aryl methyl sites for hydroxylation is 1. The number of ether oxygens (including phenoxy) is 3. The second-order valence-corrected chi connectivity index (χ2v) is 21.4. The van der Waals surface area contributed by atoms with Crippen LogP contribution >= 0.6 is 0 Å². The maximum absolute atomic E-state index is 15.1. The van der Waals surface area contributed by atoms with Crippen LogP contribution < -0.4 is 5.55 Å². The SMILES string of the molecule is Cc1ccc(S(=O)(=O)N=c2oc3ccc(F)c(F)c3cc2CO[C@H]2[C@H](CC(=O)O)[C@H](CO[Si](C)(C)C(C)(C)C)O[C@@]3(CCCO3)[C@@H]2CC(=O)O)cc1. The summed E-state index contributed by atoms with van der Waals surface area (Å²) < 4.78 is 91.6. The molecule has 2 aromatic carbocycles. The quantitative estimate of drug-likeness (QED) is 0.198. The largest absolute Gasteiger partial charge is 0.481 e. The molecule has 0 saturated carbocycles. The molecule has 0 bridgehead atoms. The molecule has 2 saturated heterocycles. The molecule has 2 fully saturated rings. The van der Waals surface area contributed by atoms with Crippen LogP contribution in [0.3, 0.4) is 0 Å². The van der Waals surface area contributed by atoms with Crippen molar-refractivity contribution in [1.82, 2.24) is 0 Å². The molecule has 2 aliphatic rings. The number of aliphatic carboxylic acids is 2. The van der Waals surface area contributed by atoms with E-state index < -0.39 is 96.7 Å². The second-order valence-electron chi connectivity index (χ2n) is 15.0. The Bertz CT molecular complexity index is 1990. The molecule has 5 rings (SSSR count). The minimum absolute atomic E-state index is 0.0234. The van der Waals surface area contributed by atoms with Crippen molar-refractivity contribution < 1.29 is 60.1 Å². The summed E-state index contributed by atoms with van der Waals surface area (Å²) in [6, 6.07) is 9.02. The second kappa shape index (κ2) is 15.1. The first kappa shape index (κ1) is 39.7. The van der Waals surface area contributed by atoms with Gasteiger partial charge in [-0.3, -0.25) is 9.59 Å². The van der Waals surface area contributed by atoms with Crippen LogP contribution in [0.1, 0.15) is 57.6 Å². The molecule has 0 amide bonds. The summed E-state index contributed by atoms with van der Waals surface area (Å²) in [5, 5.41) is 19.6. The van der Waals surface area contributed by atoms with E-state index in [1.54, 1.807) is 19.1 Å². The Morgan fingerprint density at radius 2 is 1.73 bits per heavy atom. The van der Waals surface area contributed by atoms with Crippen LogP contribution in [0.2, 0.25) is 18.1 Å². The fraction of sp³-hybridized carbons (Fsp3) is 0.528. The number of nitrogens with zero attached hydrogens (tertiary/aromatic N) is 1. The van der Waals surface area contributed by atoms with E-state index in [-0.39, 0.29) is 39.7 Å². The van der Waals surface area contributed by atoms with Gasteiger partial charge >= 0.3 is 11.9 Å². The van der Waals surface area contributed by atoms with Gasteiger partial charge in [0.05, 0.1) is 61.1 Å². The predicted octanol–water partition coefficient (Wildman–Crippen LogP) is 6.30. The molecular weight excluding hydrogens is 721 g/mol. The first-order valence-electron chi connectivity index (χ1n) is 17.0. The maximum Gasteiger partial charge on any atom is 0.303 e. The van der Waals surface area contributed by atoms with Crippen LogP contribution in [0, 0.1) is 30.4 Å². The molecule has 3 aromatic rings. The third-order valence-corrected chi connectivity index (χ3v) is 16.1. The zero-order chi connectivity index (χ0) is 38.2. The lowest BCUT2D eigenvalue weighted by Gasteiger charge is -2.51. The molecule has 1 spiro atoms. The standard InChI is InChI=1S/C36H45F2NO11SSi/c1-21-8-10-23(11-9-21)51(44,45)39-34-22(16-24-28(49-34)13-12-27(37)32(24)38)19-46-33-25(17-30(40)41)29(20-48-52(5,6)35(2,3)4)50-36(14-7-15-47-36)26(33)18-31(42)43/h8-13,16,25-26,29,33H,7,14-15,17-20H2,1-6H3,(H,40,41)(H,42,43)/t25-,26-,29+,33+,36+/m1/s1. The van der Waals surface area contributed by atoms with E-state index in [9.17, 15) is 32.6 Å². The van der Waals surface area contributed by atoms with Crippen molar-refractivity contribution in [3.63, 3.8) is 0 Å². The number of benzene rings is 2. The van der Waals surface area contributed by atoms with Gasteiger partial charge in [0.2, 0.25) is 5.55 Å². The Hall–Kier alpha value is -3.54. The highest BCUT2D eigenvalue weighted by molar-refractivity contribution is 7.90. The monoisotopic (exact) mass is 765 g/mol. The average molecular weight is 766 g/mol. The molecule has 0 unspecified atom stereocenters. The Morgan fingerprint density at radius 3 is 2.33 bits per heavy atom. The molecule has 16 heteroatoms. The summed E-state index contributed by atoms with van der Waals surface area (Å²) in [4.78, 5) is 24.5. The molecule has 12 nitrogen and oxygen atoms in total. The molecular formula is C36H45F2NO11SSi. The number of fused-ring (bicyclic) bond motifs is 1. The van der Waals surface area contributed by atoms with Crippen LogP contribution in [0.25, 0.3) is 11.0 Å². The van der Waals surface area contributed by atoms with Crippen LogP contribution in [0.5, 0.6) is 0 Å². The molecule has 52 heavy (non-hydrogen) atoms. The summed E-state index contributed by atoms with van der Waals surface area (Å²) in [6.07, 6.45) is -2.25. The van der Waals surface area contributed by atoms with Crippen molar-refractivity contribution >= 4 is 41.2 Å². The van der Waals surface area contributed by atoms with Crippen molar-refractivity contribution in [2.45, 2.75) is 101 Å². The lowest BCUT2D eigenvalue weighted by Crippen LogP contribution is -2.61. The zero-order valence-electron chi connectivity index (χ0n) is 30.0. The summed E-state index contributed by atoms with van der Waals surface area (Å²) >= 11 is 0. The molecule has 1 aromatic heterocycles. The summed E-state index contributed by atoms with van der Waals surface area (Å²) in [5.74, 6) is -8.28. The number of carboxylic acid groups (broad SMARTS) is 2. The van der Waals surface area contributed by atoms with Crippen LogP contribution in [-0.4, -0.2) is 70.1 Å². The minimum atomic E-state index is -4.40. The van der Waals surface area contributed by atoms with Gasteiger partial charge in [-0.1, -0.05) is 38.5 Å². The van der Waals surface area contributed by atoms with Crippen molar-refractivity contribution in [1.29, 1.82) is 0 Å². The van der Waals surface area contributed by atoms with Crippen LogP contribution in [0.15, 0.2) is 56.2 Å².